The van der Waals surface area contributed by atoms with Gasteiger partial charge < -0.3 is 10.2 Å². The maximum Gasteiger partial charge on any atom is 0.255 e. The van der Waals surface area contributed by atoms with Crippen molar-refractivity contribution in [2.24, 2.45) is 0 Å². The van der Waals surface area contributed by atoms with Gasteiger partial charge in [-0.2, -0.15) is 0 Å². The lowest BCUT2D eigenvalue weighted by Gasteiger charge is -2.21. The highest BCUT2D eigenvalue weighted by Gasteiger charge is 2.18. The summed E-state index contributed by atoms with van der Waals surface area (Å²) in [5.41, 5.74) is 1.02. The Hall–Kier alpha value is -2.50. The standard InChI is InChI=1S/C17H15F3N2O/c18-12-4-6-16(22-7-1-2-8-22)15(10-12)21-17(23)11-3-5-13(19)14(20)9-11/h3-6,9-10H,1-2,7-8H2,(H,21,23). The van der Waals surface area contributed by atoms with Crippen molar-refractivity contribution in [2.75, 3.05) is 23.3 Å². The van der Waals surface area contributed by atoms with E-state index in [0.717, 1.165) is 43.8 Å². The molecule has 0 spiro atoms. The number of nitrogens with one attached hydrogen (secondary N) is 1. The minimum absolute atomic E-state index is 0.0273. The quantitative estimate of drug-likeness (QED) is 0.928. The van der Waals surface area contributed by atoms with Gasteiger partial charge in [0.25, 0.3) is 5.91 Å². The molecule has 3 nitrogen and oxygen atoms in total. The van der Waals surface area contributed by atoms with Crippen molar-refractivity contribution in [1.82, 2.24) is 0 Å². The molecule has 0 atom stereocenters. The highest BCUT2D eigenvalue weighted by atomic mass is 19.2. The predicted molar refractivity (Wildman–Crippen MR) is 82.2 cm³/mol. The van der Waals surface area contributed by atoms with E-state index in [2.05, 4.69) is 10.2 Å². The zero-order chi connectivity index (χ0) is 16.4. The van der Waals surface area contributed by atoms with Crippen molar-refractivity contribution in [1.29, 1.82) is 0 Å². The fourth-order valence-corrected chi connectivity index (χ4v) is 2.67. The van der Waals surface area contributed by atoms with Crippen molar-refractivity contribution >= 4 is 17.3 Å². The van der Waals surface area contributed by atoms with E-state index in [0.29, 0.717) is 5.69 Å². The van der Waals surface area contributed by atoms with Gasteiger partial charge in [0.15, 0.2) is 11.6 Å². The molecule has 0 aromatic heterocycles. The van der Waals surface area contributed by atoms with Gasteiger partial charge in [0.2, 0.25) is 0 Å². The van der Waals surface area contributed by atoms with E-state index in [1.807, 2.05) is 0 Å². The SMILES string of the molecule is O=C(Nc1cc(F)ccc1N1CCCC1)c1ccc(F)c(F)c1. The van der Waals surface area contributed by atoms with Crippen LogP contribution in [0, 0.1) is 17.5 Å². The van der Waals surface area contributed by atoms with Gasteiger partial charge in [0.1, 0.15) is 5.82 Å². The van der Waals surface area contributed by atoms with Gasteiger partial charge >= 0.3 is 0 Å². The maximum atomic E-state index is 13.5. The molecule has 0 unspecified atom stereocenters. The fraction of sp³-hybridized carbons (Fsp3) is 0.235. The van der Waals surface area contributed by atoms with Crippen LogP contribution in [0.4, 0.5) is 24.5 Å². The molecule has 1 fully saturated rings. The first-order valence-electron chi connectivity index (χ1n) is 7.35. The van der Waals surface area contributed by atoms with Crippen molar-refractivity contribution in [3.63, 3.8) is 0 Å². The molecular weight excluding hydrogens is 305 g/mol. The molecule has 6 heteroatoms. The molecule has 1 aliphatic heterocycles. The van der Waals surface area contributed by atoms with Crippen LogP contribution in [0.3, 0.4) is 0 Å². The number of carbonyl (C=O) groups excluding carboxylic acids is 1. The van der Waals surface area contributed by atoms with E-state index in [4.69, 9.17) is 0 Å². The van der Waals surface area contributed by atoms with Crippen LogP contribution in [0.5, 0.6) is 0 Å². The molecule has 23 heavy (non-hydrogen) atoms. The number of anilines is 2. The number of hydrogen-bond acceptors (Lipinski definition) is 2. The molecule has 1 heterocycles. The second-order valence-electron chi connectivity index (χ2n) is 5.44. The maximum absolute atomic E-state index is 13.5. The third-order valence-corrected chi connectivity index (χ3v) is 3.84. The van der Waals surface area contributed by atoms with Crippen molar-refractivity contribution in [3.05, 3.63) is 59.4 Å². The van der Waals surface area contributed by atoms with Crippen LogP contribution in [0.1, 0.15) is 23.2 Å². The zero-order valence-corrected chi connectivity index (χ0v) is 12.3. The molecule has 0 aliphatic carbocycles. The summed E-state index contributed by atoms with van der Waals surface area (Å²) in [5.74, 6) is -3.22. The summed E-state index contributed by atoms with van der Waals surface area (Å²) < 4.78 is 39.7. The van der Waals surface area contributed by atoms with Gasteiger partial charge in [-0.3, -0.25) is 4.79 Å². The molecule has 0 radical (unpaired) electrons. The molecule has 2 aromatic carbocycles. The molecule has 2 aromatic rings. The van der Waals surface area contributed by atoms with Crippen LogP contribution in [0.25, 0.3) is 0 Å². The monoisotopic (exact) mass is 320 g/mol. The summed E-state index contributed by atoms with van der Waals surface area (Å²) in [5, 5.41) is 2.58. The van der Waals surface area contributed by atoms with Crippen LogP contribution in [-0.4, -0.2) is 19.0 Å². The Labute approximate surface area is 131 Å². The molecule has 1 saturated heterocycles. The van der Waals surface area contributed by atoms with E-state index in [1.54, 1.807) is 6.07 Å². The fourth-order valence-electron chi connectivity index (χ4n) is 2.67. The molecule has 0 saturated carbocycles. The lowest BCUT2D eigenvalue weighted by atomic mass is 10.2. The summed E-state index contributed by atoms with van der Waals surface area (Å²) in [6.45, 7) is 1.67. The van der Waals surface area contributed by atoms with Gasteiger partial charge in [-0.1, -0.05) is 0 Å². The average molecular weight is 320 g/mol. The lowest BCUT2D eigenvalue weighted by Crippen LogP contribution is -2.21. The summed E-state index contributed by atoms with van der Waals surface area (Å²) >= 11 is 0. The van der Waals surface area contributed by atoms with E-state index in [-0.39, 0.29) is 5.56 Å². The number of nitrogens with zero attached hydrogens (tertiary/aromatic N) is 1. The number of amides is 1. The van der Waals surface area contributed by atoms with Crippen LogP contribution < -0.4 is 10.2 Å². The molecule has 120 valence electrons. The second kappa shape index (κ2) is 6.32. The molecule has 3 rings (SSSR count). The lowest BCUT2D eigenvalue weighted by molar-refractivity contribution is 0.102. The Morgan fingerprint density at radius 2 is 1.70 bits per heavy atom. The van der Waals surface area contributed by atoms with Crippen molar-refractivity contribution in [3.8, 4) is 0 Å². The first kappa shape index (κ1) is 15.4. The predicted octanol–water partition coefficient (Wildman–Crippen LogP) is 3.96. The van der Waals surface area contributed by atoms with Crippen LogP contribution in [-0.2, 0) is 0 Å². The molecule has 1 amide bonds. The van der Waals surface area contributed by atoms with Gasteiger partial charge in [-0.25, -0.2) is 13.2 Å². The Balaban J connectivity index is 1.87. The Morgan fingerprint density at radius 1 is 0.957 bits per heavy atom. The van der Waals surface area contributed by atoms with E-state index >= 15 is 0 Å². The summed E-state index contributed by atoms with van der Waals surface area (Å²) in [7, 11) is 0. The minimum atomic E-state index is -1.10. The van der Waals surface area contributed by atoms with Gasteiger partial charge in [-0.05, 0) is 49.2 Å². The second-order valence-corrected chi connectivity index (χ2v) is 5.44. The largest absolute Gasteiger partial charge is 0.370 e. The zero-order valence-electron chi connectivity index (χ0n) is 12.3. The number of carbonyl (C=O) groups is 1. The third kappa shape index (κ3) is 3.31. The van der Waals surface area contributed by atoms with Gasteiger partial charge in [0.05, 0.1) is 11.4 Å². The Morgan fingerprint density at radius 3 is 2.39 bits per heavy atom. The molecule has 0 bridgehead atoms. The van der Waals surface area contributed by atoms with Crippen LogP contribution >= 0.6 is 0 Å². The Bertz CT molecular complexity index is 743. The highest BCUT2D eigenvalue weighted by Crippen LogP contribution is 2.30. The number of benzene rings is 2. The van der Waals surface area contributed by atoms with Gasteiger partial charge in [-0.15, -0.1) is 0 Å². The van der Waals surface area contributed by atoms with Crippen molar-refractivity contribution in [2.45, 2.75) is 12.8 Å². The average Bonchev–Trinajstić information content (AvgIpc) is 3.04. The van der Waals surface area contributed by atoms with Crippen LogP contribution in [0.2, 0.25) is 0 Å². The minimum Gasteiger partial charge on any atom is -0.370 e. The van der Waals surface area contributed by atoms with Gasteiger partial charge in [0, 0.05) is 18.7 Å². The summed E-state index contributed by atoms with van der Waals surface area (Å²) in [6.07, 6.45) is 2.07. The molecule has 1 aliphatic rings. The first-order valence-corrected chi connectivity index (χ1v) is 7.35. The van der Waals surface area contributed by atoms with Crippen molar-refractivity contribution < 1.29 is 18.0 Å². The number of halogens is 3. The number of hydrogen-bond donors (Lipinski definition) is 1. The third-order valence-electron chi connectivity index (χ3n) is 3.84. The number of rotatable bonds is 3. The first-order chi connectivity index (χ1) is 11.0. The topological polar surface area (TPSA) is 32.3 Å². The normalized spacial score (nSPS) is 14.1. The smallest absolute Gasteiger partial charge is 0.255 e. The summed E-state index contributed by atoms with van der Waals surface area (Å²) in [6, 6.07) is 7.06. The van der Waals surface area contributed by atoms with E-state index in [1.165, 1.54) is 18.2 Å². The highest BCUT2D eigenvalue weighted by molar-refractivity contribution is 6.06. The van der Waals surface area contributed by atoms with E-state index < -0.39 is 23.4 Å². The van der Waals surface area contributed by atoms with E-state index in [9.17, 15) is 18.0 Å². The summed E-state index contributed by atoms with van der Waals surface area (Å²) in [4.78, 5) is 14.3. The van der Waals surface area contributed by atoms with Crippen LogP contribution in [0.15, 0.2) is 36.4 Å². The molecule has 1 N–H and O–H groups in total. The Kier molecular flexibility index (Phi) is 4.23. The molecular formula is C17H15F3N2O.